The molecule has 0 aromatic carbocycles. The van der Waals surface area contributed by atoms with Gasteiger partial charge in [0.25, 0.3) is 0 Å². The number of carbonyl (C=O) groups excluding carboxylic acids is 1. The summed E-state index contributed by atoms with van der Waals surface area (Å²) in [6.07, 6.45) is 1.00. The molecule has 0 fully saturated rings. The molecule has 6 heteroatoms. The van der Waals surface area contributed by atoms with Gasteiger partial charge in [-0.3, -0.25) is 4.98 Å². The molecule has 0 unspecified atom stereocenters. The largest absolute Gasteiger partial charge is 0.461 e. The first-order valence-electron chi connectivity index (χ1n) is 4.83. The Morgan fingerprint density at radius 3 is 2.76 bits per heavy atom. The Kier molecular flexibility index (Phi) is 3.73. The van der Waals surface area contributed by atoms with Gasteiger partial charge in [-0.25, -0.2) is 9.64 Å². The molecule has 0 bridgehead atoms. The smallest absolute Gasteiger partial charge is 0.384 e. The van der Waals surface area contributed by atoms with Crippen molar-refractivity contribution in [3.05, 3.63) is 34.9 Å². The van der Waals surface area contributed by atoms with E-state index in [1.54, 1.807) is 0 Å². The number of nitrogens with zero attached hydrogens (tertiary/aromatic N) is 2. The van der Waals surface area contributed by atoms with Gasteiger partial charge < -0.3 is 4.74 Å². The summed E-state index contributed by atoms with van der Waals surface area (Å²) >= 11 is 0. The van der Waals surface area contributed by atoms with Crippen molar-refractivity contribution in [3.63, 3.8) is 0 Å². The number of hydrogen-bond acceptors (Lipinski definition) is 3. The highest BCUT2D eigenvalue weighted by Crippen LogP contribution is 2.31. The van der Waals surface area contributed by atoms with E-state index in [2.05, 4.69) is 14.6 Å². The van der Waals surface area contributed by atoms with E-state index in [0.717, 1.165) is 6.20 Å². The van der Waals surface area contributed by atoms with E-state index in [9.17, 15) is 13.6 Å². The summed E-state index contributed by atoms with van der Waals surface area (Å²) in [5, 5.41) is 0. The molecular weight excluding hydrogens is 230 g/mol. The zero-order valence-electron chi connectivity index (χ0n) is 9.33. The molecule has 1 aromatic heterocycles. The van der Waals surface area contributed by atoms with E-state index in [1.807, 2.05) is 0 Å². The second kappa shape index (κ2) is 4.87. The van der Waals surface area contributed by atoms with Gasteiger partial charge in [0.05, 0.1) is 13.2 Å². The van der Waals surface area contributed by atoms with E-state index in [0.29, 0.717) is 0 Å². The number of hydrogen-bond donors (Lipinski definition) is 0. The molecule has 17 heavy (non-hydrogen) atoms. The minimum atomic E-state index is -3.79. The van der Waals surface area contributed by atoms with Crippen molar-refractivity contribution in [2.75, 3.05) is 6.61 Å². The van der Waals surface area contributed by atoms with E-state index >= 15 is 0 Å². The Morgan fingerprint density at radius 1 is 1.65 bits per heavy atom. The predicted molar refractivity (Wildman–Crippen MR) is 55.8 cm³/mol. The van der Waals surface area contributed by atoms with Crippen LogP contribution in [0.4, 0.5) is 14.5 Å². The molecule has 0 atom stereocenters. The van der Waals surface area contributed by atoms with Crippen LogP contribution >= 0.6 is 0 Å². The number of aromatic nitrogens is 1. The maximum Gasteiger partial charge on any atom is 0.384 e. The average Bonchev–Trinajstić information content (AvgIpc) is 2.28. The van der Waals surface area contributed by atoms with Crippen molar-refractivity contribution in [1.29, 1.82) is 0 Å². The zero-order valence-corrected chi connectivity index (χ0v) is 9.33. The molecule has 0 N–H and O–H groups in total. The third-order valence-corrected chi connectivity index (χ3v) is 2.02. The van der Waals surface area contributed by atoms with Crippen molar-refractivity contribution >= 4 is 11.7 Å². The van der Waals surface area contributed by atoms with Crippen LogP contribution in [0.25, 0.3) is 4.85 Å². The molecule has 0 aliphatic rings. The first-order valence-corrected chi connectivity index (χ1v) is 4.83. The average molecular weight is 240 g/mol. The van der Waals surface area contributed by atoms with Gasteiger partial charge >= 0.3 is 11.9 Å². The molecule has 0 aliphatic carbocycles. The lowest BCUT2D eigenvalue weighted by Crippen LogP contribution is -2.30. The molecule has 4 nitrogen and oxygen atoms in total. The zero-order chi connectivity index (χ0) is 13.1. The summed E-state index contributed by atoms with van der Waals surface area (Å²) in [6.45, 7) is 9.40. The van der Waals surface area contributed by atoms with Gasteiger partial charge in [0, 0.05) is 6.20 Å². The lowest BCUT2D eigenvalue weighted by Gasteiger charge is -2.15. The van der Waals surface area contributed by atoms with E-state index in [1.165, 1.54) is 19.9 Å². The highest BCUT2D eigenvalue weighted by Gasteiger charge is 2.45. The minimum Gasteiger partial charge on any atom is -0.461 e. The standard InChI is InChI=1S/C11H10F2N2O2/c1-4-17-10(16)11(12,13)9-7(2)5-8(14-3)6-15-9/h5-6H,4H2,1-2H3. The SMILES string of the molecule is [C-]#[N+]c1cnc(C(F)(F)C(=O)OCC)c(C)c1. The van der Waals surface area contributed by atoms with Crippen LogP contribution in [0.15, 0.2) is 12.3 Å². The number of rotatable bonds is 3. The van der Waals surface area contributed by atoms with Crippen molar-refractivity contribution < 1.29 is 18.3 Å². The predicted octanol–water partition coefficient (Wildman–Crippen LogP) is 2.60. The summed E-state index contributed by atoms with van der Waals surface area (Å²) in [4.78, 5) is 17.6. The van der Waals surface area contributed by atoms with E-state index < -0.39 is 17.6 Å². The summed E-state index contributed by atoms with van der Waals surface area (Å²) in [5.74, 6) is -5.42. The number of alkyl halides is 2. The molecular formula is C11H10F2N2O2. The van der Waals surface area contributed by atoms with Crippen LogP contribution in [-0.2, 0) is 15.5 Å². The van der Waals surface area contributed by atoms with E-state index in [4.69, 9.17) is 6.57 Å². The Balaban J connectivity index is 3.16. The fraction of sp³-hybridized carbons (Fsp3) is 0.364. The Hall–Kier alpha value is -2.03. The molecule has 0 saturated heterocycles. The van der Waals surface area contributed by atoms with Crippen molar-refractivity contribution in [1.82, 2.24) is 4.98 Å². The van der Waals surface area contributed by atoms with Crippen LogP contribution in [0.3, 0.4) is 0 Å². The van der Waals surface area contributed by atoms with Gasteiger partial charge in [-0.05, 0) is 25.5 Å². The van der Waals surface area contributed by atoms with Crippen molar-refractivity contribution in [2.45, 2.75) is 19.8 Å². The molecule has 1 heterocycles. The van der Waals surface area contributed by atoms with Gasteiger partial charge in [0.1, 0.15) is 5.69 Å². The molecule has 0 spiro atoms. The lowest BCUT2D eigenvalue weighted by molar-refractivity contribution is -0.173. The van der Waals surface area contributed by atoms with Gasteiger partial charge in [-0.15, -0.1) is 0 Å². The number of aryl methyl sites for hydroxylation is 1. The number of carbonyl (C=O) groups is 1. The number of esters is 1. The summed E-state index contributed by atoms with van der Waals surface area (Å²) in [5.41, 5.74) is -0.453. The molecule has 0 amide bonds. The number of pyridine rings is 1. The molecule has 1 rings (SSSR count). The van der Waals surface area contributed by atoms with Crippen LogP contribution in [-0.4, -0.2) is 17.6 Å². The molecule has 0 aliphatic heterocycles. The highest BCUT2D eigenvalue weighted by molar-refractivity contribution is 5.79. The van der Waals surface area contributed by atoms with Crippen LogP contribution in [0.2, 0.25) is 0 Å². The first kappa shape index (κ1) is 13.0. The maximum absolute atomic E-state index is 13.6. The number of ether oxygens (including phenoxy) is 1. The van der Waals surface area contributed by atoms with Gasteiger partial charge in [0.2, 0.25) is 5.69 Å². The lowest BCUT2D eigenvalue weighted by atomic mass is 10.1. The van der Waals surface area contributed by atoms with Gasteiger partial charge in [-0.2, -0.15) is 8.78 Å². The van der Waals surface area contributed by atoms with Gasteiger partial charge in [-0.1, -0.05) is 0 Å². The third-order valence-electron chi connectivity index (χ3n) is 2.02. The highest BCUT2D eigenvalue weighted by atomic mass is 19.3. The maximum atomic E-state index is 13.6. The topological polar surface area (TPSA) is 43.5 Å². The second-order valence-corrected chi connectivity index (χ2v) is 3.27. The second-order valence-electron chi connectivity index (χ2n) is 3.27. The van der Waals surface area contributed by atoms with Crippen molar-refractivity contribution in [3.8, 4) is 0 Å². The molecule has 0 radical (unpaired) electrons. The molecule has 0 saturated carbocycles. The third kappa shape index (κ3) is 2.56. The fourth-order valence-electron chi connectivity index (χ4n) is 1.27. The van der Waals surface area contributed by atoms with Crippen LogP contribution in [0.5, 0.6) is 0 Å². The summed E-state index contributed by atoms with van der Waals surface area (Å²) < 4.78 is 31.5. The normalized spacial score (nSPS) is 10.8. The van der Waals surface area contributed by atoms with Crippen LogP contribution < -0.4 is 0 Å². The van der Waals surface area contributed by atoms with Crippen LogP contribution in [0.1, 0.15) is 18.2 Å². The minimum absolute atomic E-state index is 0.0801. The fourth-order valence-corrected chi connectivity index (χ4v) is 1.27. The number of halogens is 2. The quantitative estimate of drug-likeness (QED) is 0.602. The Labute approximate surface area is 97.0 Å². The van der Waals surface area contributed by atoms with Crippen LogP contribution in [0, 0.1) is 13.5 Å². The molecule has 90 valence electrons. The van der Waals surface area contributed by atoms with Crippen molar-refractivity contribution in [2.24, 2.45) is 0 Å². The summed E-state index contributed by atoms with van der Waals surface area (Å²) in [7, 11) is 0. The van der Waals surface area contributed by atoms with E-state index in [-0.39, 0.29) is 17.9 Å². The van der Waals surface area contributed by atoms with Gasteiger partial charge in [0.15, 0.2) is 0 Å². The Bertz CT molecular complexity index is 481. The first-order chi connectivity index (χ1) is 7.93. The molecule has 1 aromatic rings. The monoisotopic (exact) mass is 240 g/mol. The summed E-state index contributed by atoms with van der Waals surface area (Å²) in [6, 6.07) is 1.25. The Morgan fingerprint density at radius 2 is 2.29 bits per heavy atom.